The first-order chi connectivity index (χ1) is 12.1. The van der Waals surface area contributed by atoms with Gasteiger partial charge < -0.3 is 42.5 Å². The summed E-state index contributed by atoms with van der Waals surface area (Å²) in [5, 5.41) is 37.6. The molecule has 0 aromatic rings. The van der Waals surface area contributed by atoms with Gasteiger partial charge in [0.15, 0.2) is 0 Å². The molecule has 2 saturated heterocycles. The van der Waals surface area contributed by atoms with Crippen molar-refractivity contribution in [3.8, 4) is 0 Å². The van der Waals surface area contributed by atoms with Gasteiger partial charge in [-0.15, -0.1) is 0 Å². The number of nitrogens with one attached hydrogen (secondary N) is 2. The minimum absolute atomic E-state index is 0.269. The SMILES string of the molecule is NCC(=O)O.NCC(=O)O.O=C(O)[C@@H]1CCCN1.O=C(O)[C@@H]1CCCN1. The molecule has 0 amide bonds. The van der Waals surface area contributed by atoms with Gasteiger partial charge >= 0.3 is 23.9 Å². The Balaban J connectivity index is 0. The average Bonchev–Trinajstić information content (AvgIpc) is 3.29. The van der Waals surface area contributed by atoms with Gasteiger partial charge in [-0.1, -0.05) is 0 Å². The Hall–Kier alpha value is -2.28. The van der Waals surface area contributed by atoms with Crippen LogP contribution in [-0.2, 0) is 19.2 Å². The first-order valence-corrected chi connectivity index (χ1v) is 7.91. The van der Waals surface area contributed by atoms with E-state index in [0.29, 0.717) is 0 Å². The third kappa shape index (κ3) is 16.6. The third-order valence-corrected chi connectivity index (χ3v) is 3.07. The molecule has 0 saturated carbocycles. The summed E-state index contributed by atoms with van der Waals surface area (Å²) in [5.41, 5.74) is 9.14. The van der Waals surface area contributed by atoms with Crippen LogP contribution in [0.3, 0.4) is 0 Å². The fourth-order valence-electron chi connectivity index (χ4n) is 1.79. The van der Waals surface area contributed by atoms with Crippen LogP contribution in [0.4, 0.5) is 0 Å². The van der Waals surface area contributed by atoms with E-state index in [2.05, 4.69) is 22.1 Å². The topological polar surface area (TPSA) is 225 Å². The van der Waals surface area contributed by atoms with Gasteiger partial charge in [-0.25, -0.2) is 0 Å². The molecule has 0 unspecified atom stereocenters. The van der Waals surface area contributed by atoms with E-state index < -0.39 is 23.9 Å². The predicted octanol–water partition coefficient (Wildman–Crippen LogP) is -2.29. The first-order valence-electron chi connectivity index (χ1n) is 7.91. The van der Waals surface area contributed by atoms with Crippen molar-refractivity contribution in [3.05, 3.63) is 0 Å². The lowest BCUT2D eigenvalue weighted by atomic mass is 10.2. The number of carboxylic acid groups (broad SMARTS) is 4. The van der Waals surface area contributed by atoms with Crippen LogP contribution in [0.1, 0.15) is 25.7 Å². The lowest BCUT2D eigenvalue weighted by Gasteiger charge is -1.99. The number of hydrogen-bond donors (Lipinski definition) is 8. The molecule has 0 aromatic carbocycles. The summed E-state index contributed by atoms with van der Waals surface area (Å²) in [5.74, 6) is -3.37. The summed E-state index contributed by atoms with van der Waals surface area (Å²) < 4.78 is 0. The zero-order valence-corrected chi connectivity index (χ0v) is 14.4. The van der Waals surface area contributed by atoms with Crippen LogP contribution in [0.2, 0.25) is 0 Å². The molecular weight excluding hydrogens is 352 g/mol. The monoisotopic (exact) mass is 380 g/mol. The molecule has 10 N–H and O–H groups in total. The molecule has 2 heterocycles. The number of nitrogens with two attached hydrogens (primary N) is 2. The van der Waals surface area contributed by atoms with Crippen molar-refractivity contribution in [2.24, 2.45) is 11.5 Å². The smallest absolute Gasteiger partial charge is 0.320 e. The fourth-order valence-corrected chi connectivity index (χ4v) is 1.79. The normalized spacial score (nSPS) is 20.2. The van der Waals surface area contributed by atoms with Crippen molar-refractivity contribution in [1.29, 1.82) is 0 Å². The van der Waals surface area contributed by atoms with Crippen molar-refractivity contribution in [2.75, 3.05) is 26.2 Å². The minimum atomic E-state index is -0.968. The van der Waals surface area contributed by atoms with Crippen molar-refractivity contribution < 1.29 is 39.6 Å². The van der Waals surface area contributed by atoms with Crippen molar-refractivity contribution in [2.45, 2.75) is 37.8 Å². The standard InChI is InChI=1S/2C5H9NO2.2C2H5NO2/c2*7-5(8)4-2-1-3-6-4;2*3-1-2(4)5/h2*4,6H,1-3H2,(H,7,8);2*1,3H2,(H,4,5)/t2*4-;;/m00../s1. The van der Waals surface area contributed by atoms with Gasteiger partial charge in [-0.05, 0) is 38.8 Å². The molecule has 2 aliphatic rings. The molecule has 0 aliphatic carbocycles. The average molecular weight is 380 g/mol. The Labute approximate surface area is 150 Å². The number of carboxylic acids is 4. The molecule has 12 heteroatoms. The highest BCUT2D eigenvalue weighted by Gasteiger charge is 2.20. The Kier molecular flexibility index (Phi) is 16.2. The molecule has 0 spiro atoms. The summed E-state index contributed by atoms with van der Waals surface area (Å²) >= 11 is 0. The van der Waals surface area contributed by atoms with Gasteiger partial charge in [0.1, 0.15) is 12.1 Å². The Morgan fingerprint density at radius 1 is 0.731 bits per heavy atom. The molecule has 2 atom stereocenters. The van der Waals surface area contributed by atoms with E-state index >= 15 is 0 Å². The van der Waals surface area contributed by atoms with Crippen LogP contribution in [0.25, 0.3) is 0 Å². The summed E-state index contributed by atoms with van der Waals surface area (Å²) in [7, 11) is 0. The first kappa shape index (κ1) is 26.0. The van der Waals surface area contributed by atoms with Crippen LogP contribution in [-0.4, -0.2) is 82.6 Å². The van der Waals surface area contributed by atoms with Gasteiger partial charge in [0.2, 0.25) is 0 Å². The Morgan fingerprint density at radius 2 is 1.00 bits per heavy atom. The van der Waals surface area contributed by atoms with Crippen LogP contribution in [0.5, 0.6) is 0 Å². The van der Waals surface area contributed by atoms with E-state index in [1.807, 2.05) is 0 Å². The van der Waals surface area contributed by atoms with Gasteiger partial charge in [-0.2, -0.15) is 0 Å². The maximum atomic E-state index is 10.1. The molecule has 26 heavy (non-hydrogen) atoms. The van der Waals surface area contributed by atoms with Gasteiger partial charge in [0, 0.05) is 0 Å². The van der Waals surface area contributed by atoms with Crippen LogP contribution < -0.4 is 22.1 Å². The van der Waals surface area contributed by atoms with E-state index in [-0.39, 0.29) is 25.2 Å². The van der Waals surface area contributed by atoms with Gasteiger partial charge in [0.25, 0.3) is 0 Å². The lowest BCUT2D eigenvalue weighted by Crippen LogP contribution is -2.29. The molecule has 0 bridgehead atoms. The summed E-state index contributed by atoms with van der Waals surface area (Å²) in [4.78, 5) is 38.8. The molecule has 152 valence electrons. The Morgan fingerprint density at radius 3 is 1.08 bits per heavy atom. The second-order valence-electron chi connectivity index (χ2n) is 5.17. The number of aliphatic carboxylic acids is 4. The van der Waals surface area contributed by atoms with E-state index in [4.69, 9.17) is 20.4 Å². The van der Waals surface area contributed by atoms with E-state index in [1.165, 1.54) is 0 Å². The van der Waals surface area contributed by atoms with Crippen LogP contribution >= 0.6 is 0 Å². The second-order valence-corrected chi connectivity index (χ2v) is 5.17. The highest BCUT2D eigenvalue weighted by molar-refractivity contribution is 5.74. The summed E-state index contributed by atoms with van der Waals surface area (Å²) in [6.07, 6.45) is 3.57. The molecule has 0 aromatic heterocycles. The predicted molar refractivity (Wildman–Crippen MR) is 90.7 cm³/mol. The van der Waals surface area contributed by atoms with Crippen LogP contribution in [0, 0.1) is 0 Å². The van der Waals surface area contributed by atoms with Crippen molar-refractivity contribution in [3.63, 3.8) is 0 Å². The highest BCUT2D eigenvalue weighted by Crippen LogP contribution is 2.04. The zero-order chi connectivity index (χ0) is 20.5. The van der Waals surface area contributed by atoms with E-state index in [1.54, 1.807) is 0 Å². The van der Waals surface area contributed by atoms with E-state index in [0.717, 1.165) is 38.8 Å². The van der Waals surface area contributed by atoms with Crippen LogP contribution in [0.15, 0.2) is 0 Å². The summed E-state index contributed by atoms with van der Waals surface area (Å²) in [6, 6.07) is -0.537. The van der Waals surface area contributed by atoms with Crippen molar-refractivity contribution >= 4 is 23.9 Å². The maximum absolute atomic E-state index is 10.1. The molecule has 12 nitrogen and oxygen atoms in total. The highest BCUT2D eigenvalue weighted by atomic mass is 16.4. The number of rotatable bonds is 4. The molecule has 2 rings (SSSR count). The number of hydrogen-bond acceptors (Lipinski definition) is 8. The quantitative estimate of drug-likeness (QED) is 0.258. The molecule has 0 radical (unpaired) electrons. The van der Waals surface area contributed by atoms with Crippen molar-refractivity contribution in [1.82, 2.24) is 10.6 Å². The fraction of sp³-hybridized carbons (Fsp3) is 0.714. The zero-order valence-electron chi connectivity index (χ0n) is 14.4. The minimum Gasteiger partial charge on any atom is -0.480 e. The van der Waals surface area contributed by atoms with E-state index in [9.17, 15) is 19.2 Å². The largest absolute Gasteiger partial charge is 0.480 e. The molecular formula is C14H28N4O8. The van der Waals surface area contributed by atoms with Gasteiger partial charge in [-0.3, -0.25) is 19.2 Å². The third-order valence-electron chi connectivity index (χ3n) is 3.07. The molecule has 2 fully saturated rings. The maximum Gasteiger partial charge on any atom is 0.320 e. The summed E-state index contributed by atoms with van der Waals surface area (Å²) in [6.45, 7) is 1.16. The van der Waals surface area contributed by atoms with Gasteiger partial charge in [0.05, 0.1) is 13.1 Å². The number of carbonyl (C=O) groups is 4. The Bertz CT molecular complexity index is 395. The second kappa shape index (κ2) is 16.2. The lowest BCUT2D eigenvalue weighted by molar-refractivity contribution is -0.140. The molecule has 2 aliphatic heterocycles.